The summed E-state index contributed by atoms with van der Waals surface area (Å²) in [6.07, 6.45) is 1.26. The number of amides is 2. The van der Waals surface area contributed by atoms with Crippen LogP contribution in [0, 0.1) is 0 Å². The van der Waals surface area contributed by atoms with Crippen molar-refractivity contribution in [1.82, 2.24) is 19.7 Å². The van der Waals surface area contributed by atoms with Crippen molar-refractivity contribution in [2.45, 2.75) is 38.8 Å². The first kappa shape index (κ1) is 23.7. The Hall–Kier alpha value is -3.03. The number of nitrogens with zero attached hydrogens (tertiary/aromatic N) is 3. The molecular formula is C27H31ClN4O3. The number of halogens is 1. The third-order valence-electron chi connectivity index (χ3n) is 7.38. The first-order valence-corrected chi connectivity index (χ1v) is 12.7. The monoisotopic (exact) mass is 494 g/mol. The van der Waals surface area contributed by atoms with Gasteiger partial charge in [0, 0.05) is 34.6 Å². The number of phenols is 1. The molecule has 5 rings (SSSR count). The average molecular weight is 495 g/mol. The Morgan fingerprint density at radius 3 is 2.69 bits per heavy atom. The number of hydrogen-bond acceptors (Lipinski definition) is 4. The summed E-state index contributed by atoms with van der Waals surface area (Å²) in [5.74, 6) is 0.0311. The molecule has 3 heterocycles. The molecule has 0 radical (unpaired) electrons. The predicted octanol–water partition coefficient (Wildman–Crippen LogP) is 3.94. The highest BCUT2D eigenvalue weighted by Crippen LogP contribution is 2.43. The molecule has 2 aliphatic rings. The minimum Gasteiger partial charge on any atom is -0.508 e. The van der Waals surface area contributed by atoms with Gasteiger partial charge in [0.15, 0.2) is 0 Å². The zero-order valence-electron chi connectivity index (χ0n) is 20.1. The first-order valence-electron chi connectivity index (χ1n) is 12.3. The highest BCUT2D eigenvalue weighted by molar-refractivity contribution is 6.31. The van der Waals surface area contributed by atoms with Gasteiger partial charge < -0.3 is 24.8 Å². The molecule has 2 aromatic carbocycles. The molecule has 0 bridgehead atoms. The zero-order chi connectivity index (χ0) is 24.7. The zero-order valence-corrected chi connectivity index (χ0v) is 20.9. The molecule has 3 aromatic rings. The Labute approximate surface area is 210 Å². The van der Waals surface area contributed by atoms with E-state index >= 15 is 0 Å². The van der Waals surface area contributed by atoms with Gasteiger partial charge in [0.05, 0.1) is 12.6 Å². The van der Waals surface area contributed by atoms with E-state index in [1.807, 2.05) is 24.3 Å². The molecular weight excluding hydrogens is 464 g/mol. The molecule has 2 N–H and O–H groups in total. The average Bonchev–Trinajstić information content (AvgIpc) is 3.21. The Balaban J connectivity index is 1.53. The lowest BCUT2D eigenvalue weighted by Gasteiger charge is -2.47. The summed E-state index contributed by atoms with van der Waals surface area (Å²) in [6.45, 7) is 7.74. The van der Waals surface area contributed by atoms with Crippen LogP contribution in [0.5, 0.6) is 5.75 Å². The molecule has 0 unspecified atom stereocenters. The molecule has 0 aliphatic carbocycles. The van der Waals surface area contributed by atoms with E-state index < -0.39 is 12.1 Å². The van der Waals surface area contributed by atoms with Crippen molar-refractivity contribution >= 4 is 34.3 Å². The third-order valence-corrected chi connectivity index (χ3v) is 7.61. The van der Waals surface area contributed by atoms with E-state index in [1.165, 1.54) is 0 Å². The third kappa shape index (κ3) is 4.28. The van der Waals surface area contributed by atoms with Crippen molar-refractivity contribution < 1.29 is 14.7 Å². The number of rotatable bonds is 7. The standard InChI is InChI=1S/C27H31ClN4O3/c1-3-30(4-2)11-6-12-31-16-24(34)32-23(27(31)35)15-21-20-14-18(28)9-10-22(20)29-25(21)26(32)17-7-5-8-19(33)13-17/h5,7-10,13-14,23,26,29,33H,3-4,6,11-12,15-16H2,1-2H3/t23-,26-/m1/s1. The lowest BCUT2D eigenvalue weighted by Crippen LogP contribution is -2.63. The lowest BCUT2D eigenvalue weighted by atomic mass is 9.86. The van der Waals surface area contributed by atoms with Crippen molar-refractivity contribution in [1.29, 1.82) is 0 Å². The highest BCUT2D eigenvalue weighted by atomic mass is 35.5. The van der Waals surface area contributed by atoms with Crippen LogP contribution in [0.2, 0.25) is 5.02 Å². The largest absolute Gasteiger partial charge is 0.508 e. The number of fused-ring (bicyclic) bond motifs is 4. The number of aromatic nitrogens is 1. The minimum atomic E-state index is -0.595. The van der Waals surface area contributed by atoms with Crippen LogP contribution in [0.1, 0.15) is 43.1 Å². The summed E-state index contributed by atoms with van der Waals surface area (Å²) in [6, 6.07) is 11.5. The van der Waals surface area contributed by atoms with Gasteiger partial charge in [-0.1, -0.05) is 37.6 Å². The fourth-order valence-corrected chi connectivity index (χ4v) is 5.77. The number of phenolic OH excluding ortho intramolecular Hbond substituents is 1. The second-order valence-corrected chi connectivity index (χ2v) is 9.80. The molecule has 1 aromatic heterocycles. The minimum absolute atomic E-state index is 0.0173. The normalized spacial score (nSPS) is 20.0. The molecule has 35 heavy (non-hydrogen) atoms. The smallest absolute Gasteiger partial charge is 0.246 e. The van der Waals surface area contributed by atoms with Crippen molar-refractivity contribution in [2.75, 3.05) is 32.7 Å². The maximum atomic E-state index is 13.7. The van der Waals surface area contributed by atoms with Gasteiger partial charge >= 0.3 is 0 Å². The Morgan fingerprint density at radius 2 is 1.94 bits per heavy atom. The van der Waals surface area contributed by atoms with E-state index in [0.717, 1.165) is 53.8 Å². The Kier molecular flexibility index (Phi) is 6.47. The molecule has 1 saturated heterocycles. The van der Waals surface area contributed by atoms with Crippen molar-refractivity contribution in [2.24, 2.45) is 0 Å². The van der Waals surface area contributed by atoms with E-state index in [2.05, 4.69) is 23.7 Å². The van der Waals surface area contributed by atoms with Crippen LogP contribution in [-0.2, 0) is 16.0 Å². The first-order chi connectivity index (χ1) is 16.9. The molecule has 2 aliphatic heterocycles. The van der Waals surface area contributed by atoms with Gasteiger partial charge in [-0.3, -0.25) is 9.59 Å². The molecule has 2 atom stereocenters. The number of piperazine rings is 1. The fraction of sp³-hybridized carbons (Fsp3) is 0.407. The predicted molar refractivity (Wildman–Crippen MR) is 137 cm³/mol. The van der Waals surface area contributed by atoms with Gasteiger partial charge in [-0.2, -0.15) is 0 Å². The number of nitrogens with one attached hydrogen (secondary N) is 1. The molecule has 8 heteroatoms. The van der Waals surface area contributed by atoms with E-state index in [1.54, 1.807) is 28.0 Å². The van der Waals surface area contributed by atoms with Crippen molar-refractivity contribution in [3.63, 3.8) is 0 Å². The summed E-state index contributed by atoms with van der Waals surface area (Å²) in [5.41, 5.74) is 3.56. The maximum Gasteiger partial charge on any atom is 0.246 e. The van der Waals surface area contributed by atoms with Crippen LogP contribution in [0.15, 0.2) is 42.5 Å². The summed E-state index contributed by atoms with van der Waals surface area (Å²) >= 11 is 6.32. The SMILES string of the molecule is CCN(CC)CCCN1CC(=O)N2[C@H](c3cccc(O)c3)c3[nH]c4ccc(Cl)cc4c3C[C@@H]2C1=O. The summed E-state index contributed by atoms with van der Waals surface area (Å²) < 4.78 is 0. The molecule has 184 valence electrons. The topological polar surface area (TPSA) is 79.9 Å². The molecule has 1 fully saturated rings. The van der Waals surface area contributed by atoms with Gasteiger partial charge in [0.2, 0.25) is 11.8 Å². The van der Waals surface area contributed by atoms with Crippen LogP contribution in [-0.4, -0.2) is 75.4 Å². The number of hydrogen-bond donors (Lipinski definition) is 2. The van der Waals surface area contributed by atoms with Crippen molar-refractivity contribution in [3.05, 3.63) is 64.3 Å². The summed E-state index contributed by atoms with van der Waals surface area (Å²) in [5, 5.41) is 11.8. The van der Waals surface area contributed by atoms with Crippen LogP contribution in [0.25, 0.3) is 10.9 Å². The van der Waals surface area contributed by atoms with Crippen molar-refractivity contribution in [3.8, 4) is 5.75 Å². The quantitative estimate of drug-likeness (QED) is 0.521. The summed E-state index contributed by atoms with van der Waals surface area (Å²) in [7, 11) is 0. The van der Waals surface area contributed by atoms with Crippen LogP contribution >= 0.6 is 11.6 Å². The molecule has 0 saturated carbocycles. The van der Waals surface area contributed by atoms with Crippen LogP contribution in [0.4, 0.5) is 0 Å². The fourth-order valence-electron chi connectivity index (χ4n) is 5.60. The van der Waals surface area contributed by atoms with E-state index in [9.17, 15) is 14.7 Å². The van der Waals surface area contributed by atoms with E-state index in [4.69, 9.17) is 11.6 Å². The van der Waals surface area contributed by atoms with E-state index in [0.29, 0.717) is 18.0 Å². The molecule has 0 spiro atoms. The van der Waals surface area contributed by atoms with Crippen LogP contribution < -0.4 is 0 Å². The highest BCUT2D eigenvalue weighted by Gasteiger charge is 2.48. The number of aromatic amines is 1. The summed E-state index contributed by atoms with van der Waals surface area (Å²) in [4.78, 5) is 36.5. The van der Waals surface area contributed by atoms with Crippen LogP contribution in [0.3, 0.4) is 0 Å². The Bertz CT molecular complexity index is 1270. The number of carbonyl (C=O) groups is 2. The lowest BCUT2D eigenvalue weighted by molar-refractivity contribution is -0.158. The maximum absolute atomic E-state index is 13.7. The van der Waals surface area contributed by atoms with Gasteiger partial charge in [-0.05, 0) is 67.5 Å². The molecule has 7 nitrogen and oxygen atoms in total. The van der Waals surface area contributed by atoms with Gasteiger partial charge in [0.1, 0.15) is 11.8 Å². The second-order valence-electron chi connectivity index (χ2n) is 9.37. The number of carbonyl (C=O) groups excluding carboxylic acids is 2. The second kappa shape index (κ2) is 9.55. The number of aromatic hydroxyl groups is 1. The molecule has 2 amide bonds. The number of H-pyrrole nitrogens is 1. The van der Waals surface area contributed by atoms with Gasteiger partial charge in [-0.15, -0.1) is 0 Å². The van der Waals surface area contributed by atoms with Gasteiger partial charge in [-0.25, -0.2) is 0 Å². The number of benzene rings is 2. The van der Waals surface area contributed by atoms with E-state index in [-0.39, 0.29) is 24.1 Å². The Morgan fingerprint density at radius 1 is 1.14 bits per heavy atom. The van der Waals surface area contributed by atoms with Gasteiger partial charge in [0.25, 0.3) is 0 Å².